The first-order valence-corrected chi connectivity index (χ1v) is 8.26. The molecule has 0 saturated carbocycles. The van der Waals surface area contributed by atoms with Gasteiger partial charge in [-0.1, -0.05) is 25.1 Å². The number of thioether (sulfide) groups is 1. The van der Waals surface area contributed by atoms with E-state index in [1.54, 1.807) is 11.8 Å². The van der Waals surface area contributed by atoms with Crippen LogP contribution in [0, 0.1) is 0 Å². The minimum Gasteiger partial charge on any atom is -0.350 e. The molecule has 0 fully saturated rings. The van der Waals surface area contributed by atoms with Crippen molar-refractivity contribution in [3.05, 3.63) is 60.3 Å². The van der Waals surface area contributed by atoms with Gasteiger partial charge in [-0.25, -0.2) is 0 Å². The molecule has 3 nitrogen and oxygen atoms in total. The van der Waals surface area contributed by atoms with E-state index in [2.05, 4.69) is 30.4 Å². The van der Waals surface area contributed by atoms with Crippen LogP contribution in [0.4, 0.5) is 5.69 Å². The van der Waals surface area contributed by atoms with Gasteiger partial charge in [-0.15, -0.1) is 11.8 Å². The Morgan fingerprint density at radius 2 is 1.95 bits per heavy atom. The third-order valence-electron chi connectivity index (χ3n) is 3.55. The zero-order chi connectivity index (χ0) is 15.5. The minimum atomic E-state index is -0.0737. The summed E-state index contributed by atoms with van der Waals surface area (Å²) in [6.07, 6.45) is 1.89. The smallest absolute Gasteiger partial charge is 0.257 e. The molecule has 1 amide bonds. The van der Waals surface area contributed by atoms with Gasteiger partial charge < -0.3 is 9.88 Å². The fraction of sp³-hybridized carbons (Fsp3) is 0.167. The van der Waals surface area contributed by atoms with E-state index in [0.29, 0.717) is 5.56 Å². The van der Waals surface area contributed by atoms with E-state index in [1.165, 1.54) is 4.90 Å². The van der Waals surface area contributed by atoms with Crippen LogP contribution in [-0.2, 0) is 7.05 Å². The van der Waals surface area contributed by atoms with Gasteiger partial charge in [0.1, 0.15) is 0 Å². The average molecular weight is 310 g/mol. The first kappa shape index (κ1) is 14.7. The maximum atomic E-state index is 12.6. The molecule has 0 spiro atoms. The van der Waals surface area contributed by atoms with Crippen molar-refractivity contribution in [2.75, 3.05) is 11.1 Å². The molecule has 0 aliphatic rings. The maximum Gasteiger partial charge on any atom is 0.257 e. The summed E-state index contributed by atoms with van der Waals surface area (Å²) in [7, 11) is 1.97. The Balaban J connectivity index is 1.98. The lowest BCUT2D eigenvalue weighted by Crippen LogP contribution is -2.11. The van der Waals surface area contributed by atoms with Crippen LogP contribution in [0.1, 0.15) is 17.3 Å². The summed E-state index contributed by atoms with van der Waals surface area (Å²) in [5.74, 6) is 0.944. The van der Waals surface area contributed by atoms with Crippen LogP contribution in [0.2, 0.25) is 0 Å². The lowest BCUT2D eigenvalue weighted by Gasteiger charge is -2.04. The lowest BCUT2D eigenvalue weighted by atomic mass is 10.1. The zero-order valence-electron chi connectivity index (χ0n) is 12.7. The second-order valence-electron chi connectivity index (χ2n) is 5.09. The molecule has 1 N–H and O–H groups in total. The molecule has 0 aliphatic carbocycles. The van der Waals surface area contributed by atoms with E-state index in [1.807, 2.05) is 48.1 Å². The molecule has 22 heavy (non-hydrogen) atoms. The number of hydrogen-bond acceptors (Lipinski definition) is 2. The highest BCUT2D eigenvalue weighted by Crippen LogP contribution is 2.27. The number of nitrogens with one attached hydrogen (secondary N) is 1. The van der Waals surface area contributed by atoms with Crippen molar-refractivity contribution in [1.29, 1.82) is 0 Å². The molecular formula is C18H18N2OS. The third kappa shape index (κ3) is 2.88. The molecule has 0 aliphatic heterocycles. The highest BCUT2D eigenvalue weighted by atomic mass is 32.2. The number of anilines is 1. The summed E-state index contributed by atoms with van der Waals surface area (Å²) < 4.78 is 2.00. The molecule has 3 rings (SSSR count). The van der Waals surface area contributed by atoms with Gasteiger partial charge in [0.25, 0.3) is 5.91 Å². The summed E-state index contributed by atoms with van der Waals surface area (Å²) >= 11 is 1.78. The quantitative estimate of drug-likeness (QED) is 0.718. The van der Waals surface area contributed by atoms with Crippen molar-refractivity contribution in [3.63, 3.8) is 0 Å². The predicted octanol–water partition coefficient (Wildman–Crippen LogP) is 4.54. The molecule has 0 radical (unpaired) electrons. The monoisotopic (exact) mass is 310 g/mol. The van der Waals surface area contributed by atoms with Crippen LogP contribution in [0.25, 0.3) is 10.9 Å². The summed E-state index contributed by atoms with van der Waals surface area (Å²) in [6.45, 7) is 2.13. The van der Waals surface area contributed by atoms with Crippen molar-refractivity contribution in [3.8, 4) is 0 Å². The lowest BCUT2D eigenvalue weighted by molar-refractivity contribution is 0.102. The molecule has 0 saturated heterocycles. The standard InChI is InChI=1S/C18H18N2OS/c1-3-22-14-9-10-17-15(11-14)16(12-20(17)2)18(21)19-13-7-5-4-6-8-13/h4-12H,3H2,1-2H3,(H,19,21). The Hall–Kier alpha value is -2.20. The van der Waals surface area contributed by atoms with E-state index < -0.39 is 0 Å². The fourth-order valence-electron chi connectivity index (χ4n) is 2.53. The molecular weight excluding hydrogens is 292 g/mol. The van der Waals surface area contributed by atoms with Crippen molar-refractivity contribution in [1.82, 2.24) is 4.57 Å². The van der Waals surface area contributed by atoms with E-state index in [4.69, 9.17) is 0 Å². The summed E-state index contributed by atoms with van der Waals surface area (Å²) in [5, 5.41) is 3.95. The van der Waals surface area contributed by atoms with Gasteiger partial charge >= 0.3 is 0 Å². The van der Waals surface area contributed by atoms with Crippen LogP contribution in [0.3, 0.4) is 0 Å². The Labute approximate surface area is 134 Å². The van der Waals surface area contributed by atoms with Crippen LogP contribution >= 0.6 is 11.8 Å². The largest absolute Gasteiger partial charge is 0.350 e. The second kappa shape index (κ2) is 6.28. The predicted molar refractivity (Wildman–Crippen MR) is 93.7 cm³/mol. The molecule has 0 atom stereocenters. The molecule has 2 aromatic carbocycles. The molecule has 3 aromatic rings. The topological polar surface area (TPSA) is 34.0 Å². The number of fused-ring (bicyclic) bond motifs is 1. The maximum absolute atomic E-state index is 12.6. The van der Waals surface area contributed by atoms with Crippen LogP contribution in [0.5, 0.6) is 0 Å². The molecule has 4 heteroatoms. The van der Waals surface area contributed by atoms with E-state index in [9.17, 15) is 4.79 Å². The van der Waals surface area contributed by atoms with Gasteiger partial charge in [0.15, 0.2) is 0 Å². The number of hydrogen-bond donors (Lipinski definition) is 1. The molecule has 0 bridgehead atoms. The van der Waals surface area contributed by atoms with E-state index in [-0.39, 0.29) is 5.91 Å². The number of para-hydroxylation sites is 1. The Bertz CT molecular complexity index is 809. The average Bonchev–Trinajstić information content (AvgIpc) is 2.85. The Morgan fingerprint density at radius 1 is 1.18 bits per heavy atom. The third-order valence-corrected chi connectivity index (χ3v) is 4.42. The number of aromatic nitrogens is 1. The first-order valence-electron chi connectivity index (χ1n) is 7.27. The number of nitrogens with zero attached hydrogens (tertiary/aromatic N) is 1. The fourth-order valence-corrected chi connectivity index (χ4v) is 3.23. The molecule has 0 unspecified atom stereocenters. The number of carbonyl (C=O) groups is 1. The van der Waals surface area contributed by atoms with Gasteiger partial charge in [-0.3, -0.25) is 4.79 Å². The number of carbonyl (C=O) groups excluding carboxylic acids is 1. The highest BCUT2D eigenvalue weighted by molar-refractivity contribution is 7.99. The minimum absolute atomic E-state index is 0.0737. The summed E-state index contributed by atoms with van der Waals surface area (Å²) in [4.78, 5) is 13.8. The van der Waals surface area contributed by atoms with Crippen LogP contribution in [-0.4, -0.2) is 16.2 Å². The molecule has 112 valence electrons. The van der Waals surface area contributed by atoms with Gasteiger partial charge in [0, 0.05) is 34.7 Å². The van der Waals surface area contributed by atoms with Crippen LogP contribution < -0.4 is 5.32 Å². The van der Waals surface area contributed by atoms with Gasteiger partial charge in [0.05, 0.1) is 5.56 Å². The second-order valence-corrected chi connectivity index (χ2v) is 6.42. The molecule has 1 heterocycles. The Morgan fingerprint density at radius 3 is 2.68 bits per heavy atom. The number of amides is 1. The van der Waals surface area contributed by atoms with Crippen molar-refractivity contribution < 1.29 is 4.79 Å². The van der Waals surface area contributed by atoms with Gasteiger partial charge in [-0.2, -0.15) is 0 Å². The van der Waals surface area contributed by atoms with E-state index in [0.717, 1.165) is 22.3 Å². The summed E-state index contributed by atoms with van der Waals surface area (Å²) in [5.41, 5.74) is 2.59. The number of aryl methyl sites for hydroxylation is 1. The number of rotatable bonds is 4. The van der Waals surface area contributed by atoms with Gasteiger partial charge in [0.2, 0.25) is 0 Å². The van der Waals surface area contributed by atoms with Crippen molar-refractivity contribution >= 4 is 34.3 Å². The van der Waals surface area contributed by atoms with Gasteiger partial charge in [-0.05, 0) is 36.1 Å². The first-order chi connectivity index (χ1) is 10.7. The van der Waals surface area contributed by atoms with Crippen molar-refractivity contribution in [2.45, 2.75) is 11.8 Å². The van der Waals surface area contributed by atoms with Crippen molar-refractivity contribution in [2.24, 2.45) is 7.05 Å². The molecule has 1 aromatic heterocycles. The van der Waals surface area contributed by atoms with Crippen LogP contribution in [0.15, 0.2) is 59.6 Å². The highest BCUT2D eigenvalue weighted by Gasteiger charge is 2.14. The van der Waals surface area contributed by atoms with E-state index >= 15 is 0 Å². The zero-order valence-corrected chi connectivity index (χ0v) is 13.5. The summed E-state index contributed by atoms with van der Waals surface area (Å²) in [6, 6.07) is 15.8. The normalized spacial score (nSPS) is 10.8. The SMILES string of the molecule is CCSc1ccc2c(c1)c(C(=O)Nc1ccccc1)cn2C. The number of benzene rings is 2. The Kier molecular flexibility index (Phi) is 4.20.